The molecule has 0 N–H and O–H groups in total. The second kappa shape index (κ2) is 5.31. The third kappa shape index (κ3) is 2.32. The number of nitrogens with zero attached hydrogens (tertiary/aromatic N) is 3. The van der Waals surface area contributed by atoms with E-state index < -0.39 is 0 Å². The van der Waals surface area contributed by atoms with Crippen molar-refractivity contribution in [2.45, 2.75) is 0 Å². The second-order valence-electron chi connectivity index (χ2n) is 4.26. The highest BCUT2D eigenvalue weighted by Gasteiger charge is 2.18. The van der Waals surface area contributed by atoms with Crippen molar-refractivity contribution in [3.63, 3.8) is 0 Å². The van der Waals surface area contributed by atoms with E-state index in [4.69, 9.17) is 28.6 Å². The number of aromatic nitrogens is 3. The molecule has 3 rings (SSSR count). The average Bonchev–Trinajstić information content (AvgIpc) is 2.81. The van der Waals surface area contributed by atoms with E-state index in [9.17, 15) is 4.79 Å². The van der Waals surface area contributed by atoms with Crippen LogP contribution in [0.4, 0.5) is 0 Å². The summed E-state index contributed by atoms with van der Waals surface area (Å²) in [7, 11) is 1.51. The SMILES string of the molecule is COc1ccccc1C(=O)n1c(=S)nc2ccc(Cl)cn21. The quantitative estimate of drug-likeness (QED) is 0.681. The largest absolute Gasteiger partial charge is 0.496 e. The third-order valence-corrected chi connectivity index (χ3v) is 3.50. The zero-order chi connectivity index (χ0) is 15.0. The minimum atomic E-state index is -0.327. The van der Waals surface area contributed by atoms with Crippen molar-refractivity contribution in [1.82, 2.24) is 14.2 Å². The lowest BCUT2D eigenvalue weighted by molar-refractivity contribution is 0.0935. The molecule has 0 bridgehead atoms. The Hall–Kier alpha value is -2.18. The van der Waals surface area contributed by atoms with Crippen LogP contribution in [0.15, 0.2) is 42.6 Å². The molecule has 1 aromatic carbocycles. The van der Waals surface area contributed by atoms with E-state index in [1.165, 1.54) is 16.3 Å². The molecular weight excluding hydrogens is 310 g/mol. The van der Waals surface area contributed by atoms with Gasteiger partial charge in [0.25, 0.3) is 5.91 Å². The van der Waals surface area contributed by atoms with Gasteiger partial charge in [-0.25, -0.2) is 4.52 Å². The molecule has 0 aliphatic heterocycles. The number of halogens is 1. The number of carbonyl (C=O) groups excluding carboxylic acids is 1. The summed E-state index contributed by atoms with van der Waals surface area (Å²) in [5, 5.41) is 0.483. The fourth-order valence-corrected chi connectivity index (χ4v) is 2.48. The first-order chi connectivity index (χ1) is 10.1. The molecular formula is C14H10ClN3O2S. The molecule has 0 amide bonds. The van der Waals surface area contributed by atoms with Gasteiger partial charge in [-0.05, 0) is 36.5 Å². The zero-order valence-corrected chi connectivity index (χ0v) is 12.6. The summed E-state index contributed by atoms with van der Waals surface area (Å²) < 4.78 is 8.19. The van der Waals surface area contributed by atoms with Crippen molar-refractivity contribution < 1.29 is 9.53 Å². The number of rotatable bonds is 2. The molecule has 0 unspecified atom stereocenters. The van der Waals surface area contributed by atoms with Crippen LogP contribution in [0.3, 0.4) is 0 Å². The van der Waals surface area contributed by atoms with Crippen molar-refractivity contribution in [2.24, 2.45) is 0 Å². The van der Waals surface area contributed by atoms with E-state index in [1.54, 1.807) is 42.6 Å². The maximum absolute atomic E-state index is 12.7. The van der Waals surface area contributed by atoms with Gasteiger partial charge in [0, 0.05) is 6.20 Å². The van der Waals surface area contributed by atoms with E-state index in [2.05, 4.69) is 4.98 Å². The number of pyridine rings is 1. The maximum atomic E-state index is 12.7. The molecule has 3 aromatic rings. The van der Waals surface area contributed by atoms with Crippen LogP contribution in [0.2, 0.25) is 5.02 Å². The minimum Gasteiger partial charge on any atom is -0.496 e. The van der Waals surface area contributed by atoms with Crippen LogP contribution >= 0.6 is 23.8 Å². The predicted molar refractivity (Wildman–Crippen MR) is 81.7 cm³/mol. The monoisotopic (exact) mass is 319 g/mol. The topological polar surface area (TPSA) is 48.5 Å². The van der Waals surface area contributed by atoms with Crippen molar-refractivity contribution in [3.05, 3.63) is 58.0 Å². The van der Waals surface area contributed by atoms with Gasteiger partial charge in [-0.1, -0.05) is 23.7 Å². The molecule has 5 nitrogen and oxygen atoms in total. The van der Waals surface area contributed by atoms with Crippen LogP contribution < -0.4 is 4.74 Å². The molecule has 0 saturated carbocycles. The first-order valence-corrected chi connectivity index (χ1v) is 6.85. The summed E-state index contributed by atoms with van der Waals surface area (Å²) in [6.45, 7) is 0. The van der Waals surface area contributed by atoms with Gasteiger partial charge >= 0.3 is 0 Å². The summed E-state index contributed by atoms with van der Waals surface area (Å²) in [6.07, 6.45) is 1.59. The molecule has 0 atom stereocenters. The Bertz CT molecular complexity index is 901. The molecule has 0 saturated heterocycles. The van der Waals surface area contributed by atoms with E-state index in [0.29, 0.717) is 22.0 Å². The molecule has 106 valence electrons. The van der Waals surface area contributed by atoms with Crippen molar-refractivity contribution >= 4 is 35.4 Å². The van der Waals surface area contributed by atoms with Gasteiger partial charge in [0.1, 0.15) is 5.75 Å². The van der Waals surface area contributed by atoms with E-state index >= 15 is 0 Å². The first-order valence-electron chi connectivity index (χ1n) is 6.06. The number of fused-ring (bicyclic) bond motifs is 1. The maximum Gasteiger partial charge on any atom is 0.283 e. The lowest BCUT2D eigenvalue weighted by Crippen LogP contribution is -2.18. The number of hydrogen-bond donors (Lipinski definition) is 0. The number of carbonyl (C=O) groups is 1. The van der Waals surface area contributed by atoms with Gasteiger partial charge in [-0.15, -0.1) is 0 Å². The number of methoxy groups -OCH3 is 1. The molecule has 0 aliphatic carbocycles. The van der Waals surface area contributed by atoms with Gasteiger partial charge in [0.2, 0.25) is 4.77 Å². The summed E-state index contributed by atoms with van der Waals surface area (Å²) in [5.74, 6) is 0.147. The Labute approximate surface area is 130 Å². The lowest BCUT2D eigenvalue weighted by Gasteiger charge is -2.09. The van der Waals surface area contributed by atoms with Crippen LogP contribution in [0, 0.1) is 4.77 Å². The van der Waals surface area contributed by atoms with Gasteiger partial charge in [0.15, 0.2) is 5.65 Å². The smallest absolute Gasteiger partial charge is 0.283 e. The highest BCUT2D eigenvalue weighted by molar-refractivity contribution is 7.71. The van der Waals surface area contributed by atoms with Crippen LogP contribution in [-0.4, -0.2) is 27.2 Å². The van der Waals surface area contributed by atoms with Crippen LogP contribution in [0.1, 0.15) is 10.4 Å². The van der Waals surface area contributed by atoms with Gasteiger partial charge < -0.3 is 4.74 Å². The lowest BCUT2D eigenvalue weighted by atomic mass is 10.2. The van der Waals surface area contributed by atoms with Crippen molar-refractivity contribution in [2.75, 3.05) is 7.11 Å². The molecule has 0 radical (unpaired) electrons. The molecule has 2 aromatic heterocycles. The van der Waals surface area contributed by atoms with E-state index in [-0.39, 0.29) is 10.7 Å². The Balaban J connectivity index is 2.25. The first kappa shape index (κ1) is 13.8. The standard InChI is InChI=1S/C14H10ClN3O2S/c1-20-11-5-3-2-4-10(11)13(19)18-14(21)16-12-7-6-9(15)8-17(12)18/h2-8H,1H3. The Morgan fingerprint density at radius 2 is 2.05 bits per heavy atom. The van der Waals surface area contributed by atoms with Gasteiger partial charge in [0.05, 0.1) is 17.7 Å². The van der Waals surface area contributed by atoms with E-state index in [0.717, 1.165) is 0 Å². The van der Waals surface area contributed by atoms with Crippen LogP contribution in [0.5, 0.6) is 5.75 Å². The summed E-state index contributed by atoms with van der Waals surface area (Å²) >= 11 is 11.2. The molecule has 2 heterocycles. The summed E-state index contributed by atoms with van der Waals surface area (Å²) in [5.41, 5.74) is 0.950. The Morgan fingerprint density at radius 1 is 1.29 bits per heavy atom. The fourth-order valence-electron chi connectivity index (χ4n) is 2.06. The van der Waals surface area contributed by atoms with Crippen molar-refractivity contribution in [3.8, 4) is 5.75 Å². The normalized spacial score (nSPS) is 10.8. The Kier molecular flexibility index (Phi) is 3.48. The Morgan fingerprint density at radius 3 is 2.81 bits per heavy atom. The highest BCUT2D eigenvalue weighted by Crippen LogP contribution is 2.19. The summed E-state index contributed by atoms with van der Waals surface area (Å²) in [6, 6.07) is 10.3. The molecule has 7 heteroatoms. The van der Waals surface area contributed by atoms with Gasteiger partial charge in [-0.3, -0.25) is 4.79 Å². The predicted octanol–water partition coefficient (Wildman–Crippen LogP) is 3.22. The molecule has 0 fully saturated rings. The second-order valence-corrected chi connectivity index (χ2v) is 5.06. The molecule has 21 heavy (non-hydrogen) atoms. The number of ether oxygens (including phenoxy) is 1. The van der Waals surface area contributed by atoms with Crippen LogP contribution in [0.25, 0.3) is 5.65 Å². The highest BCUT2D eigenvalue weighted by atomic mass is 35.5. The van der Waals surface area contributed by atoms with Gasteiger partial charge in [-0.2, -0.15) is 9.67 Å². The third-order valence-electron chi connectivity index (χ3n) is 3.01. The number of hydrogen-bond acceptors (Lipinski definition) is 4. The average molecular weight is 320 g/mol. The van der Waals surface area contributed by atoms with Crippen LogP contribution in [-0.2, 0) is 0 Å². The van der Waals surface area contributed by atoms with Crippen molar-refractivity contribution in [1.29, 1.82) is 0 Å². The zero-order valence-electron chi connectivity index (χ0n) is 11.0. The minimum absolute atomic E-state index is 0.160. The molecule has 0 spiro atoms. The summed E-state index contributed by atoms with van der Waals surface area (Å²) in [4.78, 5) is 16.9. The molecule has 0 aliphatic rings. The van der Waals surface area contributed by atoms with E-state index in [1.807, 2.05) is 0 Å². The fraction of sp³-hybridized carbons (Fsp3) is 0.0714. The number of benzene rings is 1. The number of para-hydroxylation sites is 1.